The molecule has 1 amide bonds. The molecule has 0 heterocycles. The van der Waals surface area contributed by atoms with Crippen LogP contribution in [0.2, 0.25) is 0 Å². The lowest BCUT2D eigenvalue weighted by Crippen LogP contribution is -2.46. The van der Waals surface area contributed by atoms with Crippen LogP contribution in [-0.2, 0) is 0 Å². The van der Waals surface area contributed by atoms with Gasteiger partial charge in [-0.3, -0.25) is 4.79 Å². The summed E-state index contributed by atoms with van der Waals surface area (Å²) in [7, 11) is 0. The first kappa shape index (κ1) is 14.6. The predicted octanol–water partition coefficient (Wildman–Crippen LogP) is 2.42. The standard InChI is InChI=1S/C14H20FNO2/c1-4-14(3,7-8-17)16-13(18)12-6-5-11(15)9-10(12)2/h5-6,9,17H,4,7-8H2,1-3H3,(H,16,18). The van der Waals surface area contributed by atoms with Crippen LogP contribution in [0, 0.1) is 12.7 Å². The van der Waals surface area contributed by atoms with Gasteiger partial charge in [0.15, 0.2) is 0 Å². The van der Waals surface area contributed by atoms with Crippen molar-refractivity contribution in [2.75, 3.05) is 6.61 Å². The number of carbonyl (C=O) groups excluding carboxylic acids is 1. The number of nitrogens with one attached hydrogen (secondary N) is 1. The zero-order valence-electron chi connectivity index (χ0n) is 11.1. The van der Waals surface area contributed by atoms with E-state index < -0.39 is 5.54 Å². The lowest BCUT2D eigenvalue weighted by atomic mass is 9.94. The molecule has 2 N–H and O–H groups in total. The first-order valence-corrected chi connectivity index (χ1v) is 6.11. The molecule has 0 saturated carbocycles. The van der Waals surface area contributed by atoms with Gasteiger partial charge in [0.1, 0.15) is 5.82 Å². The molecule has 1 rings (SSSR count). The van der Waals surface area contributed by atoms with Crippen molar-refractivity contribution < 1.29 is 14.3 Å². The minimum atomic E-state index is -0.438. The van der Waals surface area contributed by atoms with Crippen LogP contribution in [0.15, 0.2) is 18.2 Å². The first-order chi connectivity index (χ1) is 8.41. The quantitative estimate of drug-likeness (QED) is 0.846. The smallest absolute Gasteiger partial charge is 0.251 e. The fourth-order valence-corrected chi connectivity index (χ4v) is 1.80. The summed E-state index contributed by atoms with van der Waals surface area (Å²) in [5.74, 6) is -0.581. The van der Waals surface area contributed by atoms with Gasteiger partial charge in [-0.25, -0.2) is 4.39 Å². The number of rotatable bonds is 5. The number of aliphatic hydroxyl groups excluding tert-OH is 1. The van der Waals surface area contributed by atoms with Gasteiger partial charge in [-0.15, -0.1) is 0 Å². The van der Waals surface area contributed by atoms with E-state index in [0.717, 1.165) is 6.42 Å². The third kappa shape index (κ3) is 3.53. The molecule has 4 heteroatoms. The highest BCUT2D eigenvalue weighted by Crippen LogP contribution is 2.16. The van der Waals surface area contributed by atoms with Gasteiger partial charge in [-0.05, 0) is 50.5 Å². The Morgan fingerprint density at radius 3 is 2.67 bits per heavy atom. The first-order valence-electron chi connectivity index (χ1n) is 6.11. The fraction of sp³-hybridized carbons (Fsp3) is 0.500. The van der Waals surface area contributed by atoms with Gasteiger partial charge in [0, 0.05) is 17.7 Å². The summed E-state index contributed by atoms with van der Waals surface area (Å²) in [6, 6.07) is 4.09. The van der Waals surface area contributed by atoms with E-state index in [0.29, 0.717) is 17.5 Å². The topological polar surface area (TPSA) is 49.3 Å². The predicted molar refractivity (Wildman–Crippen MR) is 69.0 cm³/mol. The van der Waals surface area contributed by atoms with Gasteiger partial charge in [0.05, 0.1) is 0 Å². The van der Waals surface area contributed by atoms with E-state index in [4.69, 9.17) is 5.11 Å². The molecule has 0 bridgehead atoms. The average Bonchev–Trinajstić information content (AvgIpc) is 2.28. The molecule has 1 aromatic carbocycles. The molecule has 0 spiro atoms. The van der Waals surface area contributed by atoms with Gasteiger partial charge < -0.3 is 10.4 Å². The molecule has 0 aromatic heterocycles. The Bertz CT molecular complexity index is 434. The van der Waals surface area contributed by atoms with Crippen LogP contribution in [-0.4, -0.2) is 23.2 Å². The van der Waals surface area contributed by atoms with Crippen molar-refractivity contribution in [1.29, 1.82) is 0 Å². The summed E-state index contributed by atoms with van der Waals surface area (Å²) < 4.78 is 13.0. The van der Waals surface area contributed by atoms with E-state index >= 15 is 0 Å². The number of benzene rings is 1. The Balaban J connectivity index is 2.87. The molecule has 100 valence electrons. The van der Waals surface area contributed by atoms with Gasteiger partial charge in [0.25, 0.3) is 5.91 Å². The molecule has 0 saturated heterocycles. The number of halogens is 1. The molecule has 0 aliphatic rings. The SMILES string of the molecule is CCC(C)(CCO)NC(=O)c1ccc(F)cc1C. The maximum absolute atomic E-state index is 13.0. The third-order valence-electron chi connectivity index (χ3n) is 3.29. The highest BCUT2D eigenvalue weighted by Gasteiger charge is 2.24. The van der Waals surface area contributed by atoms with Crippen molar-refractivity contribution >= 4 is 5.91 Å². The minimum absolute atomic E-state index is 0.0209. The summed E-state index contributed by atoms with van der Waals surface area (Å²) in [6.45, 7) is 5.56. The van der Waals surface area contributed by atoms with Gasteiger partial charge in [-0.2, -0.15) is 0 Å². The Morgan fingerprint density at radius 2 is 2.17 bits per heavy atom. The fourth-order valence-electron chi connectivity index (χ4n) is 1.80. The molecular formula is C14H20FNO2. The van der Waals surface area contributed by atoms with Crippen LogP contribution in [0.4, 0.5) is 4.39 Å². The number of hydrogen-bond donors (Lipinski definition) is 2. The van der Waals surface area contributed by atoms with Crippen molar-refractivity contribution in [3.8, 4) is 0 Å². The number of carbonyl (C=O) groups is 1. The second-order valence-corrected chi connectivity index (χ2v) is 4.80. The third-order valence-corrected chi connectivity index (χ3v) is 3.29. The van der Waals surface area contributed by atoms with E-state index in [1.165, 1.54) is 18.2 Å². The van der Waals surface area contributed by atoms with Crippen molar-refractivity contribution in [3.05, 3.63) is 35.1 Å². The van der Waals surface area contributed by atoms with Gasteiger partial charge >= 0.3 is 0 Å². The lowest BCUT2D eigenvalue weighted by Gasteiger charge is -2.29. The van der Waals surface area contributed by atoms with Crippen molar-refractivity contribution in [3.63, 3.8) is 0 Å². The van der Waals surface area contributed by atoms with E-state index in [9.17, 15) is 9.18 Å². The lowest BCUT2D eigenvalue weighted by molar-refractivity contribution is 0.0885. The number of aryl methyl sites for hydroxylation is 1. The largest absolute Gasteiger partial charge is 0.396 e. The monoisotopic (exact) mass is 253 g/mol. The maximum atomic E-state index is 13.0. The Morgan fingerprint density at radius 1 is 1.50 bits per heavy atom. The average molecular weight is 253 g/mol. The van der Waals surface area contributed by atoms with E-state index in [1.807, 2.05) is 13.8 Å². The van der Waals surface area contributed by atoms with E-state index in [1.54, 1.807) is 6.92 Å². The van der Waals surface area contributed by atoms with Crippen molar-refractivity contribution in [1.82, 2.24) is 5.32 Å². The molecule has 0 aliphatic carbocycles. The van der Waals surface area contributed by atoms with Crippen molar-refractivity contribution in [2.24, 2.45) is 0 Å². The highest BCUT2D eigenvalue weighted by molar-refractivity contribution is 5.96. The van der Waals surface area contributed by atoms with Crippen molar-refractivity contribution in [2.45, 2.75) is 39.2 Å². The Hall–Kier alpha value is -1.42. The normalized spacial score (nSPS) is 14.1. The zero-order chi connectivity index (χ0) is 13.8. The van der Waals surface area contributed by atoms with E-state index in [-0.39, 0.29) is 18.3 Å². The van der Waals surface area contributed by atoms with Gasteiger partial charge in [-0.1, -0.05) is 6.92 Å². The minimum Gasteiger partial charge on any atom is -0.396 e. The van der Waals surface area contributed by atoms with Crippen LogP contribution in [0.3, 0.4) is 0 Å². The van der Waals surface area contributed by atoms with Crippen LogP contribution < -0.4 is 5.32 Å². The molecule has 1 atom stereocenters. The molecule has 0 radical (unpaired) electrons. The number of aliphatic hydroxyl groups is 1. The summed E-state index contributed by atoms with van der Waals surface area (Å²) >= 11 is 0. The van der Waals surface area contributed by atoms with Crippen LogP contribution in [0.1, 0.15) is 42.6 Å². The molecule has 3 nitrogen and oxygen atoms in total. The van der Waals surface area contributed by atoms with Crippen LogP contribution >= 0.6 is 0 Å². The number of amides is 1. The molecule has 0 fully saturated rings. The zero-order valence-corrected chi connectivity index (χ0v) is 11.1. The summed E-state index contributed by atoms with van der Waals surface area (Å²) in [6.07, 6.45) is 1.22. The second-order valence-electron chi connectivity index (χ2n) is 4.80. The second kappa shape index (κ2) is 5.96. The highest BCUT2D eigenvalue weighted by atomic mass is 19.1. The Labute approximate surface area is 107 Å². The molecule has 18 heavy (non-hydrogen) atoms. The summed E-state index contributed by atoms with van der Waals surface area (Å²) in [4.78, 5) is 12.1. The molecule has 1 aromatic rings. The number of hydrogen-bond acceptors (Lipinski definition) is 2. The maximum Gasteiger partial charge on any atom is 0.251 e. The van der Waals surface area contributed by atoms with Gasteiger partial charge in [0.2, 0.25) is 0 Å². The molecular weight excluding hydrogens is 233 g/mol. The van der Waals surface area contributed by atoms with E-state index in [2.05, 4.69) is 5.32 Å². The van der Waals surface area contributed by atoms with Crippen LogP contribution in [0.5, 0.6) is 0 Å². The molecule has 1 unspecified atom stereocenters. The molecule has 0 aliphatic heterocycles. The van der Waals surface area contributed by atoms with Crippen LogP contribution in [0.25, 0.3) is 0 Å². The summed E-state index contributed by atoms with van der Waals surface area (Å²) in [5, 5.41) is 11.9. The summed E-state index contributed by atoms with van der Waals surface area (Å²) in [5.41, 5.74) is 0.635. The Kier molecular flexibility index (Phi) is 4.84.